The number of nitrogens with zero attached hydrogens (tertiary/aromatic N) is 3. The van der Waals surface area contributed by atoms with Crippen LogP contribution in [0.5, 0.6) is 0 Å². The Balaban J connectivity index is 1.70. The molecule has 2 aromatic rings. The van der Waals surface area contributed by atoms with Gasteiger partial charge >= 0.3 is 0 Å². The lowest BCUT2D eigenvalue weighted by molar-refractivity contribution is 0.452. The zero-order valence-electron chi connectivity index (χ0n) is 15.6. The summed E-state index contributed by atoms with van der Waals surface area (Å²) in [5.74, 6) is 0.716. The van der Waals surface area contributed by atoms with Crippen LogP contribution >= 0.6 is 0 Å². The molecule has 4 nitrogen and oxygen atoms in total. The van der Waals surface area contributed by atoms with Gasteiger partial charge in [-0.15, -0.1) is 0 Å². The van der Waals surface area contributed by atoms with E-state index in [9.17, 15) is 0 Å². The maximum Gasteiger partial charge on any atom is 0.223 e. The Labute approximate surface area is 156 Å². The first-order chi connectivity index (χ1) is 12.7. The van der Waals surface area contributed by atoms with Crippen molar-refractivity contribution >= 4 is 11.5 Å². The van der Waals surface area contributed by atoms with Crippen LogP contribution in [-0.2, 0) is 6.54 Å². The molecule has 1 fully saturated rings. The lowest BCUT2D eigenvalue weighted by Gasteiger charge is -2.22. The van der Waals surface area contributed by atoms with Gasteiger partial charge in [0.1, 0.15) is 0 Å². The predicted octanol–water partition coefficient (Wildman–Crippen LogP) is 4.88. The molecular weight excluding hydrogens is 320 g/mol. The van der Waals surface area contributed by atoms with Crippen molar-refractivity contribution in [3.63, 3.8) is 0 Å². The highest BCUT2D eigenvalue weighted by molar-refractivity contribution is 5.71. The largest absolute Gasteiger partial charge is 0.376 e. The van der Waals surface area contributed by atoms with Crippen LogP contribution in [0, 0.1) is 0 Å². The van der Waals surface area contributed by atoms with E-state index in [1.807, 2.05) is 24.4 Å². The fourth-order valence-corrected chi connectivity index (χ4v) is 3.40. The number of nitrogens with one attached hydrogen (secondary N) is 1. The van der Waals surface area contributed by atoms with E-state index >= 15 is 0 Å². The highest BCUT2D eigenvalue weighted by Crippen LogP contribution is 2.21. The molecule has 0 unspecified atom stereocenters. The van der Waals surface area contributed by atoms with Crippen LogP contribution in [0.1, 0.15) is 43.4 Å². The van der Waals surface area contributed by atoms with E-state index < -0.39 is 0 Å². The lowest BCUT2D eigenvalue weighted by atomic mass is 9.96. The Bertz CT molecular complexity index is 733. The van der Waals surface area contributed by atoms with Gasteiger partial charge in [0, 0.05) is 37.6 Å². The number of hydrogen-bond donors (Lipinski definition) is 1. The molecule has 1 aromatic heterocycles. The first-order valence-corrected chi connectivity index (χ1v) is 9.43. The Hall–Kier alpha value is -2.62. The molecule has 0 aliphatic heterocycles. The summed E-state index contributed by atoms with van der Waals surface area (Å²) in [5.41, 5.74) is 3.17. The minimum absolute atomic E-state index is 0.496. The Morgan fingerprint density at radius 1 is 1.19 bits per heavy atom. The van der Waals surface area contributed by atoms with Crippen LogP contribution in [0.15, 0.2) is 61.4 Å². The van der Waals surface area contributed by atoms with E-state index in [4.69, 9.17) is 4.98 Å². The van der Waals surface area contributed by atoms with Gasteiger partial charge in [-0.2, -0.15) is 0 Å². The van der Waals surface area contributed by atoms with Gasteiger partial charge in [-0.3, -0.25) is 0 Å². The monoisotopic (exact) mass is 348 g/mol. The van der Waals surface area contributed by atoms with Crippen molar-refractivity contribution in [2.45, 2.75) is 44.7 Å². The second-order valence-electron chi connectivity index (χ2n) is 6.93. The number of rotatable bonds is 7. The Morgan fingerprint density at radius 3 is 2.69 bits per heavy atom. The van der Waals surface area contributed by atoms with E-state index in [-0.39, 0.29) is 0 Å². The molecule has 1 aromatic carbocycles. The standard InChI is InChI=1S/C22H28N4/c1-3-19(17-26(2)16-18-10-6-4-7-11-18)21-14-15-23-22(25-21)24-20-12-8-5-9-13-20/h3-4,6-7,10-11,14-15,17,20H,1,5,8-9,12-13,16H2,2H3,(H,23,24,25)/b19-17+. The molecule has 0 spiro atoms. The molecule has 1 N–H and O–H groups in total. The molecule has 4 heteroatoms. The predicted molar refractivity (Wildman–Crippen MR) is 109 cm³/mol. The molecule has 0 bridgehead atoms. The summed E-state index contributed by atoms with van der Waals surface area (Å²) < 4.78 is 0. The Kier molecular flexibility index (Phi) is 6.42. The van der Waals surface area contributed by atoms with Gasteiger partial charge < -0.3 is 10.2 Å². The van der Waals surface area contributed by atoms with Crippen molar-refractivity contribution in [1.82, 2.24) is 14.9 Å². The Morgan fingerprint density at radius 2 is 1.96 bits per heavy atom. The van der Waals surface area contributed by atoms with E-state index in [2.05, 4.69) is 59.3 Å². The minimum Gasteiger partial charge on any atom is -0.376 e. The van der Waals surface area contributed by atoms with Crippen molar-refractivity contribution < 1.29 is 0 Å². The highest BCUT2D eigenvalue weighted by Gasteiger charge is 2.14. The fourth-order valence-electron chi connectivity index (χ4n) is 3.40. The van der Waals surface area contributed by atoms with Crippen molar-refractivity contribution in [2.75, 3.05) is 12.4 Å². The summed E-state index contributed by atoms with van der Waals surface area (Å²) in [6.07, 6.45) is 12.1. The minimum atomic E-state index is 0.496. The van der Waals surface area contributed by atoms with Gasteiger partial charge in [-0.1, -0.05) is 62.2 Å². The van der Waals surface area contributed by atoms with Crippen molar-refractivity contribution in [2.24, 2.45) is 0 Å². The molecule has 1 aliphatic rings. The van der Waals surface area contributed by atoms with E-state index in [1.165, 1.54) is 37.7 Å². The normalized spacial score (nSPS) is 15.5. The molecule has 1 saturated carbocycles. The summed E-state index contributed by atoms with van der Waals surface area (Å²) in [4.78, 5) is 11.3. The van der Waals surface area contributed by atoms with Crippen LogP contribution in [-0.4, -0.2) is 28.0 Å². The van der Waals surface area contributed by atoms with Gasteiger partial charge in [-0.05, 0) is 24.5 Å². The van der Waals surface area contributed by atoms with Crippen LogP contribution < -0.4 is 5.32 Å². The summed E-state index contributed by atoms with van der Waals surface area (Å²) in [6, 6.07) is 12.9. The van der Waals surface area contributed by atoms with Gasteiger partial charge in [-0.25, -0.2) is 9.97 Å². The maximum absolute atomic E-state index is 4.71. The topological polar surface area (TPSA) is 41.1 Å². The van der Waals surface area contributed by atoms with Gasteiger partial charge in [0.2, 0.25) is 5.95 Å². The zero-order valence-corrected chi connectivity index (χ0v) is 15.6. The maximum atomic E-state index is 4.71. The molecule has 0 atom stereocenters. The van der Waals surface area contributed by atoms with Crippen molar-refractivity contribution in [3.05, 3.63) is 72.7 Å². The van der Waals surface area contributed by atoms with Crippen molar-refractivity contribution in [1.29, 1.82) is 0 Å². The van der Waals surface area contributed by atoms with Gasteiger partial charge in [0.05, 0.1) is 5.69 Å². The first kappa shape index (κ1) is 18.2. The summed E-state index contributed by atoms with van der Waals surface area (Å²) in [5, 5.41) is 3.50. The molecule has 1 aliphatic carbocycles. The van der Waals surface area contributed by atoms with Crippen molar-refractivity contribution in [3.8, 4) is 0 Å². The second kappa shape index (κ2) is 9.18. The van der Waals surface area contributed by atoms with Gasteiger partial charge in [0.15, 0.2) is 0 Å². The molecule has 1 heterocycles. The van der Waals surface area contributed by atoms with Crippen LogP contribution in [0.3, 0.4) is 0 Å². The molecule has 136 valence electrons. The zero-order chi connectivity index (χ0) is 18.2. The fraction of sp³-hybridized carbons (Fsp3) is 0.364. The van der Waals surface area contributed by atoms with E-state index in [0.29, 0.717) is 12.0 Å². The molecule has 26 heavy (non-hydrogen) atoms. The molecule has 3 rings (SSSR count). The second-order valence-corrected chi connectivity index (χ2v) is 6.93. The average molecular weight is 348 g/mol. The molecule has 0 amide bonds. The van der Waals surface area contributed by atoms with Gasteiger partial charge in [0.25, 0.3) is 0 Å². The molecular formula is C22H28N4. The summed E-state index contributed by atoms with van der Waals surface area (Å²) >= 11 is 0. The number of benzene rings is 1. The van der Waals surface area contributed by atoms with E-state index in [0.717, 1.165) is 17.8 Å². The lowest BCUT2D eigenvalue weighted by Crippen LogP contribution is -2.23. The molecule has 0 radical (unpaired) electrons. The third kappa shape index (κ3) is 5.19. The highest BCUT2D eigenvalue weighted by atomic mass is 15.1. The van der Waals surface area contributed by atoms with Crippen LogP contribution in [0.25, 0.3) is 5.57 Å². The number of aromatic nitrogens is 2. The van der Waals surface area contributed by atoms with E-state index in [1.54, 1.807) is 0 Å². The quantitative estimate of drug-likeness (QED) is 0.724. The third-order valence-electron chi connectivity index (χ3n) is 4.74. The average Bonchev–Trinajstić information content (AvgIpc) is 2.68. The SMILES string of the molecule is C=C/C(=C\N(C)Cc1ccccc1)c1ccnc(NC2CCCCC2)n1. The number of allylic oxidation sites excluding steroid dienone is 2. The smallest absolute Gasteiger partial charge is 0.223 e. The number of hydrogen-bond acceptors (Lipinski definition) is 4. The third-order valence-corrected chi connectivity index (χ3v) is 4.74. The summed E-state index contributed by atoms with van der Waals surface area (Å²) in [7, 11) is 2.07. The number of anilines is 1. The van der Waals surface area contributed by atoms with Crippen LogP contribution in [0.2, 0.25) is 0 Å². The van der Waals surface area contributed by atoms with Crippen LogP contribution in [0.4, 0.5) is 5.95 Å². The molecule has 0 saturated heterocycles. The summed E-state index contributed by atoms with van der Waals surface area (Å²) in [6.45, 7) is 4.81. The first-order valence-electron chi connectivity index (χ1n) is 9.43.